The molecule has 2 saturated heterocycles. The summed E-state index contributed by atoms with van der Waals surface area (Å²) >= 11 is 0. The molecule has 3 N–H and O–H groups in total. The standard InChI is InChI=1S/C26H29N3O4/c1-5-14(3)29-23(31)20-19(12-16-7-9-17(30)10-8-16)28-26(21(20)24(29)32)18-11-6-13(2)15(4)22(18)27-25(26)33/h6-11,14,19-21,28,30H,5,12H2,1-4H3,(H,27,33)/t14-,19-,20-,21+,26-/m1/s1. The van der Waals surface area contributed by atoms with Gasteiger partial charge in [-0.25, -0.2) is 0 Å². The second-order valence-electron chi connectivity index (χ2n) is 9.62. The minimum absolute atomic E-state index is 0.164. The third-order valence-electron chi connectivity index (χ3n) is 7.88. The van der Waals surface area contributed by atoms with Crippen LogP contribution in [0.15, 0.2) is 36.4 Å². The van der Waals surface area contributed by atoms with Crippen LogP contribution in [0.4, 0.5) is 5.69 Å². The van der Waals surface area contributed by atoms with Gasteiger partial charge in [0.25, 0.3) is 0 Å². The average Bonchev–Trinajstić information content (AvgIpc) is 3.37. The summed E-state index contributed by atoms with van der Waals surface area (Å²) < 4.78 is 0. The molecule has 33 heavy (non-hydrogen) atoms. The van der Waals surface area contributed by atoms with Crippen LogP contribution in [-0.2, 0) is 26.3 Å². The molecule has 0 radical (unpaired) electrons. The van der Waals surface area contributed by atoms with Crippen molar-refractivity contribution in [3.63, 3.8) is 0 Å². The topological polar surface area (TPSA) is 98.7 Å². The Balaban J connectivity index is 1.65. The number of anilines is 1. The number of carbonyl (C=O) groups excluding carboxylic acids is 3. The van der Waals surface area contributed by atoms with Crippen molar-refractivity contribution in [3.8, 4) is 5.75 Å². The predicted octanol–water partition coefficient (Wildman–Crippen LogP) is 2.77. The third kappa shape index (κ3) is 2.88. The van der Waals surface area contributed by atoms with E-state index in [9.17, 15) is 19.5 Å². The molecule has 172 valence electrons. The number of aryl methyl sites for hydroxylation is 1. The molecular formula is C26H29N3O4. The smallest absolute Gasteiger partial charge is 0.250 e. The van der Waals surface area contributed by atoms with E-state index in [-0.39, 0.29) is 29.5 Å². The van der Waals surface area contributed by atoms with Gasteiger partial charge < -0.3 is 10.4 Å². The number of hydrogen-bond donors (Lipinski definition) is 3. The highest BCUT2D eigenvalue weighted by Crippen LogP contribution is 2.54. The Morgan fingerprint density at radius 1 is 1.06 bits per heavy atom. The number of amides is 3. The molecule has 0 saturated carbocycles. The molecule has 0 unspecified atom stereocenters. The summed E-state index contributed by atoms with van der Waals surface area (Å²) in [7, 11) is 0. The van der Waals surface area contributed by atoms with Crippen LogP contribution in [0.25, 0.3) is 0 Å². The number of fused-ring (bicyclic) bond motifs is 4. The first-order chi connectivity index (χ1) is 15.7. The number of aromatic hydroxyl groups is 1. The van der Waals surface area contributed by atoms with E-state index in [2.05, 4.69) is 10.6 Å². The normalized spacial score (nSPS) is 28.9. The number of likely N-dealkylation sites (tertiary alicyclic amines) is 1. The number of phenolic OH excluding ortho intramolecular Hbond substituents is 1. The van der Waals surface area contributed by atoms with Crippen LogP contribution in [0.2, 0.25) is 0 Å². The maximum Gasteiger partial charge on any atom is 0.250 e. The molecule has 2 aromatic carbocycles. The zero-order valence-corrected chi connectivity index (χ0v) is 19.3. The SMILES string of the molecule is CC[C@@H](C)N1C(=O)[C@H]2[C@@H](C1=O)[C@@]1(N[C@@H]2Cc2ccc(O)cc2)C(=O)Nc2c1ccc(C)c2C. The minimum Gasteiger partial charge on any atom is -0.508 e. The van der Waals surface area contributed by atoms with Crippen LogP contribution in [0.5, 0.6) is 5.75 Å². The van der Waals surface area contributed by atoms with Gasteiger partial charge in [0.1, 0.15) is 11.3 Å². The monoisotopic (exact) mass is 447 g/mol. The maximum absolute atomic E-state index is 13.8. The molecule has 0 bridgehead atoms. The van der Waals surface area contributed by atoms with Crippen LogP contribution in [0, 0.1) is 25.7 Å². The Labute approximate surface area is 193 Å². The lowest BCUT2D eigenvalue weighted by molar-refractivity contribution is -0.145. The number of carbonyl (C=O) groups is 3. The van der Waals surface area contributed by atoms with Crippen molar-refractivity contribution in [2.75, 3.05) is 5.32 Å². The van der Waals surface area contributed by atoms with E-state index in [0.29, 0.717) is 12.8 Å². The Hall–Kier alpha value is -3.19. The van der Waals surface area contributed by atoms with Gasteiger partial charge in [0.2, 0.25) is 17.7 Å². The molecule has 5 atom stereocenters. The highest BCUT2D eigenvalue weighted by Gasteiger charge is 2.70. The molecule has 3 heterocycles. The molecule has 0 aliphatic carbocycles. The van der Waals surface area contributed by atoms with Crippen LogP contribution in [0.3, 0.4) is 0 Å². The van der Waals surface area contributed by atoms with Crippen molar-refractivity contribution in [1.82, 2.24) is 10.2 Å². The first-order valence-corrected chi connectivity index (χ1v) is 11.5. The van der Waals surface area contributed by atoms with Gasteiger partial charge >= 0.3 is 0 Å². The van der Waals surface area contributed by atoms with E-state index in [1.165, 1.54) is 4.90 Å². The fraction of sp³-hybridized carbons (Fsp3) is 0.423. The molecule has 0 aromatic heterocycles. The summed E-state index contributed by atoms with van der Waals surface area (Å²) in [5.74, 6) is -2.04. The number of hydrogen-bond acceptors (Lipinski definition) is 5. The minimum atomic E-state index is -1.28. The van der Waals surface area contributed by atoms with Crippen LogP contribution in [-0.4, -0.2) is 39.8 Å². The lowest BCUT2D eigenvalue weighted by atomic mass is 9.75. The summed E-state index contributed by atoms with van der Waals surface area (Å²) in [6.45, 7) is 7.77. The highest BCUT2D eigenvalue weighted by molar-refractivity contribution is 6.15. The molecule has 1 spiro atoms. The van der Waals surface area contributed by atoms with Crippen LogP contribution >= 0.6 is 0 Å². The maximum atomic E-state index is 13.8. The fourth-order valence-corrected chi connectivity index (χ4v) is 5.82. The molecule has 5 rings (SSSR count). The fourth-order valence-electron chi connectivity index (χ4n) is 5.82. The molecule has 7 heteroatoms. The number of rotatable bonds is 4. The first kappa shape index (κ1) is 21.6. The molecule has 3 aliphatic heterocycles. The molecule has 7 nitrogen and oxygen atoms in total. The molecular weight excluding hydrogens is 418 g/mol. The van der Waals surface area contributed by atoms with Crippen molar-refractivity contribution >= 4 is 23.4 Å². The molecule has 3 amide bonds. The van der Waals surface area contributed by atoms with Gasteiger partial charge in [0.05, 0.1) is 11.8 Å². The van der Waals surface area contributed by atoms with Crippen LogP contribution in [0.1, 0.15) is 42.5 Å². The van der Waals surface area contributed by atoms with Crippen molar-refractivity contribution < 1.29 is 19.5 Å². The van der Waals surface area contributed by atoms with E-state index in [0.717, 1.165) is 27.9 Å². The largest absolute Gasteiger partial charge is 0.508 e. The quantitative estimate of drug-likeness (QED) is 0.626. The number of benzene rings is 2. The number of phenols is 1. The van der Waals surface area contributed by atoms with E-state index >= 15 is 0 Å². The van der Waals surface area contributed by atoms with Gasteiger partial charge in [-0.05, 0) is 62.4 Å². The molecule has 2 aromatic rings. The van der Waals surface area contributed by atoms with Crippen molar-refractivity contribution in [1.29, 1.82) is 0 Å². The molecule has 2 fully saturated rings. The van der Waals surface area contributed by atoms with Crippen LogP contribution < -0.4 is 10.6 Å². The van der Waals surface area contributed by atoms with E-state index < -0.39 is 23.4 Å². The van der Waals surface area contributed by atoms with Gasteiger partial charge in [-0.3, -0.25) is 24.6 Å². The number of nitrogens with one attached hydrogen (secondary N) is 2. The summed E-state index contributed by atoms with van der Waals surface area (Å²) in [5.41, 5.74) is 3.13. The zero-order valence-electron chi connectivity index (χ0n) is 19.3. The summed E-state index contributed by atoms with van der Waals surface area (Å²) in [5, 5.41) is 16.2. The van der Waals surface area contributed by atoms with Crippen molar-refractivity contribution in [2.24, 2.45) is 11.8 Å². The third-order valence-corrected chi connectivity index (χ3v) is 7.88. The van der Waals surface area contributed by atoms with Gasteiger partial charge in [0, 0.05) is 23.3 Å². The highest BCUT2D eigenvalue weighted by atomic mass is 16.3. The van der Waals surface area contributed by atoms with E-state index in [1.807, 2.05) is 39.8 Å². The van der Waals surface area contributed by atoms with E-state index in [1.54, 1.807) is 24.3 Å². The second-order valence-corrected chi connectivity index (χ2v) is 9.62. The number of nitrogens with zero attached hydrogens (tertiary/aromatic N) is 1. The summed E-state index contributed by atoms with van der Waals surface area (Å²) in [4.78, 5) is 42.4. The lowest BCUT2D eigenvalue weighted by Crippen LogP contribution is -2.54. The summed E-state index contributed by atoms with van der Waals surface area (Å²) in [6, 6.07) is 10.1. The Bertz CT molecular complexity index is 1170. The Morgan fingerprint density at radius 2 is 1.76 bits per heavy atom. The lowest BCUT2D eigenvalue weighted by Gasteiger charge is -2.31. The van der Waals surface area contributed by atoms with Gasteiger partial charge in [-0.15, -0.1) is 0 Å². The van der Waals surface area contributed by atoms with Gasteiger partial charge in [-0.1, -0.05) is 31.2 Å². The number of imide groups is 1. The van der Waals surface area contributed by atoms with Crippen molar-refractivity contribution in [3.05, 3.63) is 58.7 Å². The Morgan fingerprint density at radius 3 is 2.42 bits per heavy atom. The predicted molar refractivity (Wildman–Crippen MR) is 124 cm³/mol. The molecule has 3 aliphatic rings. The van der Waals surface area contributed by atoms with Gasteiger partial charge in [0.15, 0.2) is 0 Å². The Kier molecular flexibility index (Phi) is 4.86. The van der Waals surface area contributed by atoms with Gasteiger partial charge in [-0.2, -0.15) is 0 Å². The first-order valence-electron chi connectivity index (χ1n) is 11.5. The summed E-state index contributed by atoms with van der Waals surface area (Å²) in [6.07, 6.45) is 1.12. The zero-order chi connectivity index (χ0) is 23.7. The van der Waals surface area contributed by atoms with Crippen molar-refractivity contribution in [2.45, 2.75) is 58.2 Å². The van der Waals surface area contributed by atoms with E-state index in [4.69, 9.17) is 0 Å². The average molecular weight is 448 g/mol. The second kappa shape index (κ2) is 7.42.